The number of hydrogen-bond donors (Lipinski definition) is 4. The summed E-state index contributed by atoms with van der Waals surface area (Å²) in [5.74, 6) is -1.58. The second-order valence-electron chi connectivity index (χ2n) is 4.41. The largest absolute Gasteiger partial charge is 0.480 e. The van der Waals surface area contributed by atoms with Crippen LogP contribution in [0.25, 0.3) is 0 Å². The van der Waals surface area contributed by atoms with Gasteiger partial charge in [-0.15, -0.1) is 0 Å². The number of carboxylic acid groups (broad SMARTS) is 1. The summed E-state index contributed by atoms with van der Waals surface area (Å²) in [5, 5.41) is 23.3. The summed E-state index contributed by atoms with van der Waals surface area (Å²) in [4.78, 5) is 23.0. The fourth-order valence-electron chi connectivity index (χ4n) is 1.67. The third-order valence-corrected chi connectivity index (χ3v) is 3.04. The number of carboxylic acids is 1. The molecular weight excluding hydrogens is 312 g/mol. The van der Waals surface area contributed by atoms with E-state index in [0.717, 1.165) is 0 Å². The molecule has 8 heteroatoms. The molecule has 0 aromatic heterocycles. The number of carbonyl (C=O) groups is 2. The molecule has 1 aromatic rings. The van der Waals surface area contributed by atoms with Gasteiger partial charge < -0.3 is 25.6 Å². The van der Waals surface area contributed by atoms with Gasteiger partial charge in [-0.05, 0) is 12.1 Å². The maximum absolute atomic E-state index is 11.9. The SMILES string of the molecule is O=C(C[C@@H](NCCOCCO)C(=O)O)Nc1ccccc1Cl. The third kappa shape index (κ3) is 6.86. The number of ether oxygens (including phenoxy) is 1. The van der Waals surface area contributed by atoms with Crippen LogP contribution < -0.4 is 10.6 Å². The molecule has 0 saturated heterocycles. The zero-order valence-corrected chi connectivity index (χ0v) is 12.7. The van der Waals surface area contributed by atoms with Gasteiger partial charge in [0.25, 0.3) is 0 Å². The van der Waals surface area contributed by atoms with Crippen molar-refractivity contribution >= 4 is 29.2 Å². The fraction of sp³-hybridized carbons (Fsp3) is 0.429. The van der Waals surface area contributed by atoms with Gasteiger partial charge in [0.2, 0.25) is 5.91 Å². The lowest BCUT2D eigenvalue weighted by atomic mass is 10.2. The molecule has 0 aliphatic rings. The number of amides is 1. The Morgan fingerprint density at radius 3 is 2.64 bits per heavy atom. The van der Waals surface area contributed by atoms with Crippen LogP contribution in [0.4, 0.5) is 5.69 Å². The molecule has 0 aliphatic heterocycles. The van der Waals surface area contributed by atoms with E-state index in [1.165, 1.54) is 0 Å². The van der Waals surface area contributed by atoms with Crippen molar-refractivity contribution < 1.29 is 24.5 Å². The fourth-order valence-corrected chi connectivity index (χ4v) is 1.85. The lowest BCUT2D eigenvalue weighted by Gasteiger charge is -2.14. The summed E-state index contributed by atoms with van der Waals surface area (Å²) in [5.41, 5.74) is 0.435. The van der Waals surface area contributed by atoms with Crippen molar-refractivity contribution in [2.24, 2.45) is 0 Å². The monoisotopic (exact) mass is 330 g/mol. The molecule has 7 nitrogen and oxygen atoms in total. The Hall–Kier alpha value is -1.67. The van der Waals surface area contributed by atoms with Gasteiger partial charge in [-0.25, -0.2) is 0 Å². The predicted octanol–water partition coefficient (Wildman–Crippen LogP) is 0.720. The molecule has 0 heterocycles. The average Bonchev–Trinajstić information content (AvgIpc) is 2.48. The van der Waals surface area contributed by atoms with E-state index >= 15 is 0 Å². The molecule has 4 N–H and O–H groups in total. The van der Waals surface area contributed by atoms with E-state index < -0.39 is 17.9 Å². The molecule has 1 amide bonds. The Kier molecular flexibility index (Phi) is 8.46. The average molecular weight is 331 g/mol. The van der Waals surface area contributed by atoms with Gasteiger partial charge in [-0.3, -0.25) is 9.59 Å². The summed E-state index contributed by atoms with van der Waals surface area (Å²) in [6.45, 7) is 0.599. The molecule has 0 unspecified atom stereocenters. The predicted molar refractivity (Wildman–Crippen MR) is 82.0 cm³/mol. The van der Waals surface area contributed by atoms with Crippen molar-refractivity contribution in [3.63, 3.8) is 0 Å². The van der Waals surface area contributed by atoms with Crippen molar-refractivity contribution in [3.05, 3.63) is 29.3 Å². The van der Waals surface area contributed by atoms with Crippen molar-refractivity contribution in [3.8, 4) is 0 Å². The molecule has 22 heavy (non-hydrogen) atoms. The number of anilines is 1. The first kappa shape index (κ1) is 18.4. The number of aliphatic carboxylic acids is 1. The molecule has 1 rings (SSSR count). The van der Waals surface area contributed by atoms with Gasteiger partial charge in [0, 0.05) is 6.54 Å². The van der Waals surface area contributed by atoms with E-state index in [9.17, 15) is 9.59 Å². The highest BCUT2D eigenvalue weighted by atomic mass is 35.5. The van der Waals surface area contributed by atoms with E-state index in [4.69, 9.17) is 26.6 Å². The minimum absolute atomic E-state index is 0.0946. The molecule has 0 saturated carbocycles. The van der Waals surface area contributed by atoms with Crippen molar-refractivity contribution in [1.82, 2.24) is 5.32 Å². The normalized spacial score (nSPS) is 11.9. The van der Waals surface area contributed by atoms with Gasteiger partial charge >= 0.3 is 5.97 Å². The highest BCUT2D eigenvalue weighted by molar-refractivity contribution is 6.33. The number of carbonyl (C=O) groups excluding carboxylic acids is 1. The van der Waals surface area contributed by atoms with Gasteiger partial charge in [0.05, 0.1) is 37.0 Å². The molecule has 0 fully saturated rings. The van der Waals surface area contributed by atoms with Gasteiger partial charge in [-0.1, -0.05) is 23.7 Å². The zero-order valence-electron chi connectivity index (χ0n) is 11.9. The molecule has 0 spiro atoms. The first-order valence-corrected chi connectivity index (χ1v) is 7.11. The molecule has 0 aliphatic carbocycles. The lowest BCUT2D eigenvalue weighted by molar-refractivity contribution is -0.141. The molecule has 1 atom stereocenters. The van der Waals surface area contributed by atoms with Crippen LogP contribution in [0.5, 0.6) is 0 Å². The zero-order chi connectivity index (χ0) is 16.4. The molecular formula is C14H19ClN2O5. The Labute approximate surface area is 133 Å². The number of hydrogen-bond acceptors (Lipinski definition) is 5. The van der Waals surface area contributed by atoms with Gasteiger partial charge in [0.1, 0.15) is 6.04 Å². The second kappa shape index (κ2) is 10.1. The quantitative estimate of drug-likeness (QED) is 0.471. The molecule has 0 radical (unpaired) electrons. The van der Waals surface area contributed by atoms with Crippen LogP contribution in [-0.2, 0) is 14.3 Å². The van der Waals surface area contributed by atoms with Crippen LogP contribution in [0.1, 0.15) is 6.42 Å². The van der Waals surface area contributed by atoms with Crippen LogP contribution in [-0.4, -0.2) is 54.5 Å². The first-order chi connectivity index (χ1) is 10.5. The van der Waals surface area contributed by atoms with E-state index in [1.54, 1.807) is 24.3 Å². The van der Waals surface area contributed by atoms with Crippen LogP contribution >= 0.6 is 11.6 Å². The van der Waals surface area contributed by atoms with Gasteiger partial charge in [-0.2, -0.15) is 0 Å². The number of aliphatic hydroxyl groups excluding tert-OH is 1. The summed E-state index contributed by atoms with van der Waals surface area (Å²) in [7, 11) is 0. The third-order valence-electron chi connectivity index (χ3n) is 2.71. The summed E-state index contributed by atoms with van der Waals surface area (Å²) in [6.07, 6.45) is -0.236. The summed E-state index contributed by atoms with van der Waals surface area (Å²) in [6, 6.07) is 5.67. The minimum Gasteiger partial charge on any atom is -0.480 e. The van der Waals surface area contributed by atoms with Crippen molar-refractivity contribution in [1.29, 1.82) is 0 Å². The Balaban J connectivity index is 2.44. The van der Waals surface area contributed by atoms with Crippen molar-refractivity contribution in [2.75, 3.05) is 31.7 Å². The van der Waals surface area contributed by atoms with Gasteiger partial charge in [0.15, 0.2) is 0 Å². The number of nitrogens with one attached hydrogen (secondary N) is 2. The van der Waals surface area contributed by atoms with E-state index in [1.807, 2.05) is 0 Å². The maximum atomic E-state index is 11.9. The standard InChI is InChI=1S/C14H19ClN2O5/c15-10-3-1-2-4-11(10)17-13(19)9-12(14(20)21)16-5-7-22-8-6-18/h1-4,12,16,18H,5-9H2,(H,17,19)(H,20,21)/t12-/m1/s1. The van der Waals surface area contributed by atoms with Crippen molar-refractivity contribution in [2.45, 2.75) is 12.5 Å². The minimum atomic E-state index is -1.13. The topological polar surface area (TPSA) is 108 Å². The second-order valence-corrected chi connectivity index (χ2v) is 4.82. The van der Waals surface area contributed by atoms with E-state index in [2.05, 4.69) is 10.6 Å². The number of benzene rings is 1. The molecule has 0 bridgehead atoms. The van der Waals surface area contributed by atoms with E-state index in [0.29, 0.717) is 10.7 Å². The number of para-hydroxylation sites is 1. The Bertz CT molecular complexity index is 498. The number of aliphatic hydroxyl groups is 1. The van der Waals surface area contributed by atoms with E-state index in [-0.39, 0.29) is 32.8 Å². The van der Waals surface area contributed by atoms with Crippen LogP contribution in [0.15, 0.2) is 24.3 Å². The lowest BCUT2D eigenvalue weighted by Crippen LogP contribution is -2.41. The van der Waals surface area contributed by atoms with Crippen LogP contribution in [0.3, 0.4) is 0 Å². The number of halogens is 1. The maximum Gasteiger partial charge on any atom is 0.321 e. The first-order valence-electron chi connectivity index (χ1n) is 6.73. The summed E-state index contributed by atoms with van der Waals surface area (Å²) < 4.78 is 5.01. The molecule has 122 valence electrons. The smallest absolute Gasteiger partial charge is 0.321 e. The Morgan fingerprint density at radius 2 is 2.00 bits per heavy atom. The van der Waals surface area contributed by atoms with Crippen LogP contribution in [0.2, 0.25) is 5.02 Å². The summed E-state index contributed by atoms with van der Waals surface area (Å²) >= 11 is 5.92. The number of rotatable bonds is 10. The highest BCUT2D eigenvalue weighted by Gasteiger charge is 2.20. The van der Waals surface area contributed by atoms with Crippen LogP contribution in [0, 0.1) is 0 Å². The molecule has 1 aromatic carbocycles. The Morgan fingerprint density at radius 1 is 1.27 bits per heavy atom. The highest BCUT2D eigenvalue weighted by Crippen LogP contribution is 2.20.